The second-order valence-electron chi connectivity index (χ2n) is 5.43. The van der Waals surface area contributed by atoms with Crippen molar-refractivity contribution in [3.05, 3.63) is 74.8 Å². The summed E-state index contributed by atoms with van der Waals surface area (Å²) in [6.07, 6.45) is 1.74. The average Bonchev–Trinajstić information content (AvgIpc) is 2.67. The monoisotopic (exact) mass is 401 g/mol. The van der Waals surface area contributed by atoms with Crippen LogP contribution in [0.3, 0.4) is 0 Å². The van der Waals surface area contributed by atoms with Crippen LogP contribution in [0.5, 0.6) is 5.75 Å². The Hall–Kier alpha value is -2.82. The van der Waals surface area contributed by atoms with E-state index in [1.165, 1.54) is 30.0 Å². The van der Waals surface area contributed by atoms with E-state index in [4.69, 9.17) is 16.3 Å². The summed E-state index contributed by atoms with van der Waals surface area (Å²) in [5.41, 5.74) is 0.481. The normalized spacial score (nSPS) is 10.4. The molecule has 0 amide bonds. The third kappa shape index (κ3) is 4.13. The summed E-state index contributed by atoms with van der Waals surface area (Å²) in [4.78, 5) is 19.0. The van der Waals surface area contributed by atoms with Gasteiger partial charge in [0.15, 0.2) is 5.16 Å². The maximum Gasteiger partial charge on any atom is 0.270 e. The van der Waals surface area contributed by atoms with Crippen molar-refractivity contribution in [3.8, 4) is 23.1 Å². The molecule has 1 heterocycles. The third-order valence-corrected chi connectivity index (χ3v) is 4.69. The number of hydrogen-bond acceptors (Lipinski definition) is 5. The van der Waals surface area contributed by atoms with Gasteiger partial charge in [0.05, 0.1) is 0 Å². The molecule has 0 radical (unpaired) electrons. The van der Waals surface area contributed by atoms with Crippen molar-refractivity contribution in [3.63, 3.8) is 0 Å². The number of aromatic amines is 1. The maximum atomic E-state index is 13.8. The Morgan fingerprint density at radius 3 is 2.81 bits per heavy atom. The van der Waals surface area contributed by atoms with Crippen LogP contribution in [0, 0.1) is 17.1 Å². The van der Waals surface area contributed by atoms with Gasteiger partial charge in [0.1, 0.15) is 35.5 Å². The second-order valence-corrected chi connectivity index (χ2v) is 6.63. The fraction of sp³-hybridized carbons (Fsp3) is 0.105. The van der Waals surface area contributed by atoms with E-state index in [-0.39, 0.29) is 23.6 Å². The number of hydrogen-bond donors (Lipinski definition) is 1. The molecule has 0 aliphatic carbocycles. The first-order chi connectivity index (χ1) is 13.0. The van der Waals surface area contributed by atoms with Gasteiger partial charge in [-0.1, -0.05) is 41.6 Å². The molecule has 3 rings (SSSR count). The molecular formula is C19H13ClFN3O2S. The van der Waals surface area contributed by atoms with E-state index in [0.29, 0.717) is 15.7 Å². The fourth-order valence-electron chi connectivity index (χ4n) is 2.43. The topological polar surface area (TPSA) is 78.8 Å². The summed E-state index contributed by atoms with van der Waals surface area (Å²) < 4.78 is 19.6. The molecule has 0 fully saturated rings. The van der Waals surface area contributed by atoms with Gasteiger partial charge in [-0.15, -0.1) is 0 Å². The van der Waals surface area contributed by atoms with E-state index in [2.05, 4.69) is 9.97 Å². The van der Waals surface area contributed by atoms with Gasteiger partial charge < -0.3 is 9.72 Å². The quantitative estimate of drug-likeness (QED) is 0.506. The molecule has 5 nitrogen and oxygen atoms in total. The number of nitrogens with one attached hydrogen (secondary N) is 1. The molecular weight excluding hydrogens is 389 g/mol. The number of aromatic nitrogens is 2. The summed E-state index contributed by atoms with van der Waals surface area (Å²) in [7, 11) is 0. The van der Waals surface area contributed by atoms with Crippen molar-refractivity contribution < 1.29 is 9.13 Å². The van der Waals surface area contributed by atoms with Crippen LogP contribution < -0.4 is 10.3 Å². The molecule has 8 heteroatoms. The molecule has 0 aliphatic heterocycles. The fourth-order valence-corrected chi connectivity index (χ4v) is 3.00. The van der Waals surface area contributed by atoms with Crippen LogP contribution in [0.2, 0.25) is 5.02 Å². The van der Waals surface area contributed by atoms with Crippen molar-refractivity contribution in [2.24, 2.45) is 0 Å². The summed E-state index contributed by atoms with van der Waals surface area (Å²) in [6.45, 7) is 0.0938. The van der Waals surface area contributed by atoms with Crippen LogP contribution in [-0.4, -0.2) is 16.2 Å². The van der Waals surface area contributed by atoms with E-state index in [9.17, 15) is 14.4 Å². The van der Waals surface area contributed by atoms with Gasteiger partial charge in [-0.3, -0.25) is 4.79 Å². The van der Waals surface area contributed by atoms with E-state index in [0.717, 1.165) is 5.56 Å². The van der Waals surface area contributed by atoms with E-state index >= 15 is 0 Å². The van der Waals surface area contributed by atoms with Crippen molar-refractivity contribution in [2.45, 2.75) is 11.8 Å². The van der Waals surface area contributed by atoms with Gasteiger partial charge >= 0.3 is 0 Å². The SMILES string of the molecule is CSc1nc(-c2ccc(F)cc2OCc2ccccc2Cl)c(C#N)c(=O)[nH]1. The molecule has 1 N–H and O–H groups in total. The number of benzene rings is 2. The van der Waals surface area contributed by atoms with E-state index in [1.54, 1.807) is 24.5 Å². The minimum Gasteiger partial charge on any atom is -0.488 e. The number of nitrogens with zero attached hydrogens (tertiary/aromatic N) is 2. The molecule has 0 aliphatic rings. The van der Waals surface area contributed by atoms with Gasteiger partial charge in [-0.05, 0) is 24.5 Å². The van der Waals surface area contributed by atoms with E-state index in [1.807, 2.05) is 12.1 Å². The summed E-state index contributed by atoms with van der Waals surface area (Å²) in [6, 6.07) is 12.8. The lowest BCUT2D eigenvalue weighted by atomic mass is 10.1. The average molecular weight is 402 g/mol. The molecule has 27 heavy (non-hydrogen) atoms. The van der Waals surface area contributed by atoms with Gasteiger partial charge in [0, 0.05) is 22.2 Å². The van der Waals surface area contributed by atoms with Crippen LogP contribution in [0.4, 0.5) is 4.39 Å². The number of halogens is 2. The molecule has 3 aromatic rings. The lowest BCUT2D eigenvalue weighted by Gasteiger charge is -2.13. The first kappa shape index (κ1) is 19.0. The minimum absolute atomic E-state index is 0.0938. The van der Waals surface area contributed by atoms with Crippen LogP contribution >= 0.6 is 23.4 Å². The molecule has 0 unspecified atom stereocenters. The molecule has 0 bridgehead atoms. The van der Waals surface area contributed by atoms with Crippen LogP contribution in [0.15, 0.2) is 52.4 Å². The third-order valence-electron chi connectivity index (χ3n) is 3.74. The smallest absolute Gasteiger partial charge is 0.270 e. The minimum atomic E-state index is -0.562. The van der Waals surface area contributed by atoms with Crippen LogP contribution in [-0.2, 0) is 6.61 Å². The second kappa shape index (κ2) is 8.25. The predicted octanol–water partition coefficient (Wildman–Crippen LogP) is 4.40. The van der Waals surface area contributed by atoms with Crippen LogP contribution in [0.25, 0.3) is 11.3 Å². The van der Waals surface area contributed by atoms with Gasteiger partial charge in [0.25, 0.3) is 5.56 Å². The van der Waals surface area contributed by atoms with Gasteiger partial charge in [-0.25, -0.2) is 9.37 Å². The molecule has 2 aromatic carbocycles. The molecule has 1 aromatic heterocycles. The van der Waals surface area contributed by atoms with Gasteiger partial charge in [-0.2, -0.15) is 5.26 Å². The Labute approximate surface area is 163 Å². The Balaban J connectivity index is 2.08. The molecule has 0 spiro atoms. The first-order valence-corrected chi connectivity index (χ1v) is 9.38. The molecule has 0 atom stereocenters. The largest absolute Gasteiger partial charge is 0.488 e. The highest BCUT2D eigenvalue weighted by Gasteiger charge is 2.18. The number of thioether (sulfide) groups is 1. The molecule has 0 saturated heterocycles. The predicted molar refractivity (Wildman–Crippen MR) is 103 cm³/mol. The molecule has 136 valence electrons. The number of rotatable bonds is 5. The zero-order valence-electron chi connectivity index (χ0n) is 14.1. The summed E-state index contributed by atoms with van der Waals surface area (Å²) in [5, 5.41) is 10.2. The summed E-state index contributed by atoms with van der Waals surface area (Å²) in [5.74, 6) is -0.349. The maximum absolute atomic E-state index is 13.8. The number of nitriles is 1. The zero-order chi connectivity index (χ0) is 19.4. The molecule has 0 saturated carbocycles. The first-order valence-electron chi connectivity index (χ1n) is 7.78. The summed E-state index contributed by atoms with van der Waals surface area (Å²) >= 11 is 7.35. The Kier molecular flexibility index (Phi) is 5.79. The van der Waals surface area contributed by atoms with Gasteiger partial charge in [0.2, 0.25) is 0 Å². The standard InChI is InChI=1S/C19H13ClFN3O2S/c1-27-19-23-17(14(9-22)18(25)24-19)13-7-6-12(21)8-16(13)26-10-11-4-2-3-5-15(11)20/h2-8H,10H2,1H3,(H,23,24,25). The Bertz CT molecular complexity index is 1100. The highest BCUT2D eigenvalue weighted by molar-refractivity contribution is 7.98. The zero-order valence-corrected chi connectivity index (χ0v) is 15.7. The Morgan fingerprint density at radius 1 is 1.33 bits per heavy atom. The lowest BCUT2D eigenvalue weighted by Crippen LogP contribution is -2.15. The van der Waals surface area contributed by atoms with Crippen molar-refractivity contribution in [2.75, 3.05) is 6.26 Å². The van der Waals surface area contributed by atoms with Crippen LogP contribution in [0.1, 0.15) is 11.1 Å². The van der Waals surface area contributed by atoms with Crippen molar-refractivity contribution >= 4 is 23.4 Å². The van der Waals surface area contributed by atoms with Crippen molar-refractivity contribution in [1.82, 2.24) is 9.97 Å². The lowest BCUT2D eigenvalue weighted by molar-refractivity contribution is 0.306. The highest BCUT2D eigenvalue weighted by Crippen LogP contribution is 2.32. The van der Waals surface area contributed by atoms with E-state index < -0.39 is 11.4 Å². The highest BCUT2D eigenvalue weighted by atomic mass is 35.5. The van der Waals surface area contributed by atoms with Crippen molar-refractivity contribution in [1.29, 1.82) is 5.26 Å². The number of H-pyrrole nitrogens is 1. The number of ether oxygens (including phenoxy) is 1. The Morgan fingerprint density at radius 2 is 2.11 bits per heavy atom.